The van der Waals surface area contributed by atoms with Crippen molar-refractivity contribution in [2.45, 2.75) is 45.6 Å². The Hall–Kier alpha value is -2.14. The van der Waals surface area contributed by atoms with Crippen LogP contribution in [0.25, 0.3) is 5.69 Å². The summed E-state index contributed by atoms with van der Waals surface area (Å²) in [7, 11) is 0. The molecule has 2 atom stereocenters. The number of hydrogen-bond acceptors (Lipinski definition) is 3. The number of carbonyl (C=O) groups is 1. The summed E-state index contributed by atoms with van der Waals surface area (Å²) in [6.07, 6.45) is 5.77. The molecule has 1 aromatic heterocycles. The van der Waals surface area contributed by atoms with Crippen molar-refractivity contribution < 1.29 is 9.90 Å². The van der Waals surface area contributed by atoms with Gasteiger partial charge in [0, 0.05) is 18.6 Å². The monoisotopic (exact) mass is 327 g/mol. The second-order valence-corrected chi connectivity index (χ2v) is 6.65. The lowest BCUT2D eigenvalue weighted by atomic mass is 9.85. The lowest BCUT2D eigenvalue weighted by molar-refractivity contribution is 0.0872. The molecule has 2 N–H and O–H groups in total. The SMILES string of the molecule is Cc1ccccc1-n1ncc(C(=O)NC2CCCCC2CO)c1C. The number of amides is 1. The summed E-state index contributed by atoms with van der Waals surface area (Å²) >= 11 is 0. The summed E-state index contributed by atoms with van der Waals surface area (Å²) < 4.78 is 1.81. The molecule has 0 saturated heterocycles. The summed E-state index contributed by atoms with van der Waals surface area (Å²) in [5, 5.41) is 17.0. The minimum Gasteiger partial charge on any atom is -0.396 e. The molecule has 1 aliphatic rings. The van der Waals surface area contributed by atoms with Crippen LogP contribution < -0.4 is 5.32 Å². The summed E-state index contributed by atoms with van der Waals surface area (Å²) in [5.41, 5.74) is 3.53. The zero-order valence-electron chi connectivity index (χ0n) is 14.3. The van der Waals surface area contributed by atoms with Crippen LogP contribution >= 0.6 is 0 Å². The van der Waals surface area contributed by atoms with E-state index in [-0.39, 0.29) is 24.5 Å². The number of para-hydroxylation sites is 1. The second-order valence-electron chi connectivity index (χ2n) is 6.65. The van der Waals surface area contributed by atoms with Crippen molar-refractivity contribution in [1.82, 2.24) is 15.1 Å². The number of aliphatic hydroxyl groups excluding tert-OH is 1. The van der Waals surface area contributed by atoms with E-state index in [2.05, 4.69) is 10.4 Å². The molecule has 1 fully saturated rings. The minimum atomic E-state index is -0.0994. The predicted octanol–water partition coefficient (Wildman–Crippen LogP) is 2.77. The topological polar surface area (TPSA) is 67.2 Å². The summed E-state index contributed by atoms with van der Waals surface area (Å²) in [6.45, 7) is 4.08. The minimum absolute atomic E-state index is 0.0532. The quantitative estimate of drug-likeness (QED) is 0.907. The number of carbonyl (C=O) groups excluding carboxylic acids is 1. The molecule has 5 heteroatoms. The second kappa shape index (κ2) is 7.18. The standard InChI is InChI=1S/C19H25N3O2/c1-13-7-3-6-10-18(13)22-14(2)16(11-20-22)19(24)21-17-9-5-4-8-15(17)12-23/h3,6-7,10-11,15,17,23H,4-5,8-9,12H2,1-2H3,(H,21,24). The lowest BCUT2D eigenvalue weighted by Crippen LogP contribution is -2.43. The number of aryl methyl sites for hydroxylation is 1. The van der Waals surface area contributed by atoms with Crippen LogP contribution in [0.3, 0.4) is 0 Å². The van der Waals surface area contributed by atoms with Crippen molar-refractivity contribution in [1.29, 1.82) is 0 Å². The van der Waals surface area contributed by atoms with Crippen molar-refractivity contribution in [2.24, 2.45) is 5.92 Å². The maximum absolute atomic E-state index is 12.7. The number of benzene rings is 1. The highest BCUT2D eigenvalue weighted by Crippen LogP contribution is 2.25. The van der Waals surface area contributed by atoms with Crippen molar-refractivity contribution in [2.75, 3.05) is 6.61 Å². The molecular formula is C19H25N3O2. The fourth-order valence-electron chi connectivity index (χ4n) is 3.54. The molecular weight excluding hydrogens is 302 g/mol. The van der Waals surface area contributed by atoms with E-state index in [4.69, 9.17) is 0 Å². The number of aromatic nitrogens is 2. The van der Waals surface area contributed by atoms with Crippen LogP contribution in [0.4, 0.5) is 0 Å². The third-order valence-corrected chi connectivity index (χ3v) is 5.06. The maximum Gasteiger partial charge on any atom is 0.254 e. The van der Waals surface area contributed by atoms with Crippen molar-refractivity contribution in [3.05, 3.63) is 47.3 Å². The van der Waals surface area contributed by atoms with E-state index in [1.165, 1.54) is 0 Å². The van der Waals surface area contributed by atoms with E-state index in [0.29, 0.717) is 5.56 Å². The van der Waals surface area contributed by atoms with Gasteiger partial charge in [-0.2, -0.15) is 5.10 Å². The van der Waals surface area contributed by atoms with Crippen molar-refractivity contribution in [3.63, 3.8) is 0 Å². The molecule has 0 aliphatic heterocycles. The Labute approximate surface area is 142 Å². The Morgan fingerprint density at radius 3 is 2.79 bits per heavy atom. The van der Waals surface area contributed by atoms with Gasteiger partial charge in [-0.15, -0.1) is 0 Å². The molecule has 128 valence electrons. The number of rotatable bonds is 4. The Bertz CT molecular complexity index is 723. The highest BCUT2D eigenvalue weighted by Gasteiger charge is 2.27. The molecule has 5 nitrogen and oxygen atoms in total. The van der Waals surface area contributed by atoms with Gasteiger partial charge in [0.2, 0.25) is 0 Å². The van der Waals surface area contributed by atoms with Gasteiger partial charge in [-0.05, 0) is 38.3 Å². The molecule has 1 aromatic carbocycles. The van der Waals surface area contributed by atoms with E-state index < -0.39 is 0 Å². The number of nitrogens with zero attached hydrogens (tertiary/aromatic N) is 2. The molecule has 24 heavy (non-hydrogen) atoms. The molecule has 0 radical (unpaired) electrons. The molecule has 1 heterocycles. The van der Waals surface area contributed by atoms with E-state index in [1.54, 1.807) is 6.20 Å². The predicted molar refractivity (Wildman–Crippen MR) is 93.3 cm³/mol. The van der Waals surface area contributed by atoms with Crippen LogP contribution in [-0.4, -0.2) is 33.4 Å². The van der Waals surface area contributed by atoms with E-state index >= 15 is 0 Å². The number of hydrogen-bond donors (Lipinski definition) is 2. The van der Waals surface area contributed by atoms with Crippen LogP contribution in [0.2, 0.25) is 0 Å². The van der Waals surface area contributed by atoms with Crippen LogP contribution in [-0.2, 0) is 0 Å². The van der Waals surface area contributed by atoms with Gasteiger partial charge < -0.3 is 10.4 Å². The maximum atomic E-state index is 12.7. The molecule has 1 amide bonds. The first-order valence-corrected chi connectivity index (χ1v) is 8.64. The molecule has 2 unspecified atom stereocenters. The highest BCUT2D eigenvalue weighted by atomic mass is 16.3. The summed E-state index contributed by atoms with van der Waals surface area (Å²) in [5.74, 6) is 0.0621. The molecule has 2 aromatic rings. The largest absolute Gasteiger partial charge is 0.396 e. The van der Waals surface area contributed by atoms with Gasteiger partial charge >= 0.3 is 0 Å². The highest BCUT2D eigenvalue weighted by molar-refractivity contribution is 5.95. The van der Waals surface area contributed by atoms with Gasteiger partial charge in [0.25, 0.3) is 5.91 Å². The van der Waals surface area contributed by atoms with Crippen LogP contribution in [0.15, 0.2) is 30.5 Å². The van der Waals surface area contributed by atoms with Crippen LogP contribution in [0, 0.1) is 19.8 Å². The Balaban J connectivity index is 1.80. The van der Waals surface area contributed by atoms with E-state index in [1.807, 2.05) is 42.8 Å². The fraction of sp³-hybridized carbons (Fsp3) is 0.474. The number of aliphatic hydroxyl groups is 1. The van der Waals surface area contributed by atoms with E-state index in [0.717, 1.165) is 42.6 Å². The molecule has 3 rings (SSSR count). The van der Waals surface area contributed by atoms with Crippen molar-refractivity contribution in [3.8, 4) is 5.69 Å². The molecule has 0 bridgehead atoms. The first kappa shape index (κ1) is 16.7. The van der Waals surface area contributed by atoms with Crippen molar-refractivity contribution >= 4 is 5.91 Å². The average molecular weight is 327 g/mol. The van der Waals surface area contributed by atoms with Gasteiger partial charge in [-0.1, -0.05) is 31.0 Å². The van der Waals surface area contributed by atoms with Gasteiger partial charge in [0.15, 0.2) is 0 Å². The molecule has 1 saturated carbocycles. The fourth-order valence-corrected chi connectivity index (χ4v) is 3.54. The summed E-state index contributed by atoms with van der Waals surface area (Å²) in [4.78, 5) is 12.7. The normalized spacial score (nSPS) is 20.8. The van der Waals surface area contributed by atoms with Gasteiger partial charge in [0.1, 0.15) is 0 Å². The lowest BCUT2D eigenvalue weighted by Gasteiger charge is -2.30. The third kappa shape index (κ3) is 3.22. The van der Waals surface area contributed by atoms with Crippen LogP contribution in [0.5, 0.6) is 0 Å². The third-order valence-electron chi connectivity index (χ3n) is 5.06. The van der Waals surface area contributed by atoms with E-state index in [9.17, 15) is 9.90 Å². The molecule has 1 aliphatic carbocycles. The Morgan fingerprint density at radius 2 is 2.04 bits per heavy atom. The first-order chi connectivity index (χ1) is 11.6. The Morgan fingerprint density at radius 1 is 1.29 bits per heavy atom. The first-order valence-electron chi connectivity index (χ1n) is 8.64. The average Bonchev–Trinajstić information content (AvgIpc) is 2.97. The summed E-state index contributed by atoms with van der Waals surface area (Å²) in [6, 6.07) is 8.04. The van der Waals surface area contributed by atoms with Gasteiger partial charge in [0.05, 0.1) is 23.1 Å². The number of nitrogens with one attached hydrogen (secondary N) is 1. The van der Waals surface area contributed by atoms with Gasteiger partial charge in [-0.25, -0.2) is 4.68 Å². The zero-order valence-corrected chi connectivity index (χ0v) is 14.3. The smallest absolute Gasteiger partial charge is 0.254 e. The Kier molecular flexibility index (Phi) is 5.00. The van der Waals surface area contributed by atoms with Crippen LogP contribution in [0.1, 0.15) is 47.3 Å². The zero-order chi connectivity index (χ0) is 17.1. The van der Waals surface area contributed by atoms with Gasteiger partial charge in [-0.3, -0.25) is 4.79 Å². The molecule has 0 spiro atoms.